The fraction of sp³-hybridized carbons (Fsp3) is 0.278. The molecule has 5 heteroatoms. The molecule has 0 radical (unpaired) electrons. The highest BCUT2D eigenvalue weighted by atomic mass is 16.5. The number of benzene rings is 2. The lowest BCUT2D eigenvalue weighted by Crippen LogP contribution is -2.30. The number of carbonyl (C=O) groups is 1. The number of likely N-dealkylation sites (tertiary alicyclic amines) is 1. The fourth-order valence-electron chi connectivity index (χ4n) is 3.13. The summed E-state index contributed by atoms with van der Waals surface area (Å²) in [5, 5.41) is 19.3. The number of phenols is 2. The van der Waals surface area contributed by atoms with Crippen molar-refractivity contribution in [2.24, 2.45) is 0 Å². The second kappa shape index (κ2) is 6.20. The van der Waals surface area contributed by atoms with Crippen molar-refractivity contribution in [1.29, 1.82) is 0 Å². The van der Waals surface area contributed by atoms with Gasteiger partial charge in [-0.15, -0.1) is 0 Å². The lowest BCUT2D eigenvalue weighted by Gasteiger charge is -2.26. The van der Waals surface area contributed by atoms with Gasteiger partial charge in [-0.1, -0.05) is 18.2 Å². The predicted octanol–water partition coefficient (Wildman–Crippen LogP) is 3.08. The molecule has 0 bridgehead atoms. The first-order chi connectivity index (χ1) is 11.1. The number of aromatic hydroxyl groups is 2. The highest BCUT2D eigenvalue weighted by molar-refractivity contribution is 5.97. The van der Waals surface area contributed by atoms with Crippen molar-refractivity contribution in [2.45, 2.75) is 18.9 Å². The third-order valence-electron chi connectivity index (χ3n) is 4.22. The normalized spacial score (nSPS) is 17.3. The number of methoxy groups -OCH3 is 1. The average molecular weight is 313 g/mol. The maximum atomic E-state index is 12.8. The molecule has 1 unspecified atom stereocenters. The molecule has 2 aromatic carbocycles. The minimum Gasteiger partial charge on any atom is -0.508 e. The maximum Gasteiger partial charge on any atom is 0.258 e. The van der Waals surface area contributed by atoms with Crippen LogP contribution < -0.4 is 4.74 Å². The number of para-hydroxylation sites is 1. The largest absolute Gasteiger partial charge is 0.508 e. The van der Waals surface area contributed by atoms with Crippen LogP contribution in [0, 0.1) is 0 Å². The maximum absolute atomic E-state index is 12.8. The van der Waals surface area contributed by atoms with Crippen LogP contribution in [0.4, 0.5) is 0 Å². The molecule has 5 nitrogen and oxygen atoms in total. The molecule has 1 amide bonds. The van der Waals surface area contributed by atoms with Crippen LogP contribution in [0.5, 0.6) is 17.2 Å². The summed E-state index contributed by atoms with van der Waals surface area (Å²) in [4.78, 5) is 14.6. The fourth-order valence-corrected chi connectivity index (χ4v) is 3.13. The Hall–Kier alpha value is -2.69. The van der Waals surface area contributed by atoms with Crippen LogP contribution in [0.2, 0.25) is 0 Å². The van der Waals surface area contributed by atoms with E-state index < -0.39 is 0 Å². The number of ether oxygens (including phenoxy) is 1. The van der Waals surface area contributed by atoms with Crippen LogP contribution in [0.1, 0.15) is 34.8 Å². The Morgan fingerprint density at radius 3 is 2.74 bits per heavy atom. The molecule has 0 aromatic heterocycles. The molecule has 1 heterocycles. The first kappa shape index (κ1) is 15.2. The summed E-state index contributed by atoms with van der Waals surface area (Å²) < 4.78 is 5.41. The van der Waals surface area contributed by atoms with E-state index >= 15 is 0 Å². The summed E-state index contributed by atoms with van der Waals surface area (Å²) in [5.74, 6) is 0.241. The molecule has 23 heavy (non-hydrogen) atoms. The van der Waals surface area contributed by atoms with Gasteiger partial charge in [0.2, 0.25) is 0 Å². The SMILES string of the molecule is COc1ccccc1C1CCCN1C(=O)c1ccc(O)cc1O. The molecule has 0 spiro atoms. The summed E-state index contributed by atoms with van der Waals surface area (Å²) in [6.07, 6.45) is 1.75. The van der Waals surface area contributed by atoms with Gasteiger partial charge in [0, 0.05) is 18.2 Å². The Balaban J connectivity index is 1.93. The van der Waals surface area contributed by atoms with Gasteiger partial charge < -0.3 is 19.8 Å². The first-order valence-electron chi connectivity index (χ1n) is 7.57. The van der Waals surface area contributed by atoms with Gasteiger partial charge in [0.15, 0.2) is 0 Å². The molecule has 1 aliphatic rings. The van der Waals surface area contributed by atoms with Gasteiger partial charge in [-0.25, -0.2) is 0 Å². The van der Waals surface area contributed by atoms with Crippen LogP contribution in [0.3, 0.4) is 0 Å². The van der Waals surface area contributed by atoms with Gasteiger partial charge >= 0.3 is 0 Å². The molecule has 120 valence electrons. The van der Waals surface area contributed by atoms with Gasteiger partial charge in [0.25, 0.3) is 5.91 Å². The summed E-state index contributed by atoms with van der Waals surface area (Å²) in [7, 11) is 1.62. The zero-order chi connectivity index (χ0) is 16.4. The van der Waals surface area contributed by atoms with Gasteiger partial charge in [-0.05, 0) is 31.0 Å². The molecule has 1 fully saturated rings. The van der Waals surface area contributed by atoms with Crippen molar-refractivity contribution < 1.29 is 19.7 Å². The second-order valence-electron chi connectivity index (χ2n) is 5.60. The van der Waals surface area contributed by atoms with Gasteiger partial charge in [0.1, 0.15) is 17.2 Å². The van der Waals surface area contributed by atoms with E-state index in [1.807, 2.05) is 24.3 Å². The number of carbonyl (C=O) groups excluding carboxylic acids is 1. The van der Waals surface area contributed by atoms with Crippen LogP contribution in [-0.4, -0.2) is 34.7 Å². The van der Waals surface area contributed by atoms with Crippen LogP contribution in [0.15, 0.2) is 42.5 Å². The van der Waals surface area contributed by atoms with Crippen LogP contribution >= 0.6 is 0 Å². The second-order valence-corrected chi connectivity index (χ2v) is 5.60. The summed E-state index contributed by atoms with van der Waals surface area (Å²) in [6, 6.07) is 11.6. The minimum atomic E-state index is -0.240. The van der Waals surface area contributed by atoms with E-state index in [0.717, 1.165) is 24.2 Å². The number of amides is 1. The quantitative estimate of drug-likeness (QED) is 0.913. The first-order valence-corrected chi connectivity index (χ1v) is 7.57. The standard InChI is InChI=1S/C18H19NO4/c1-23-17-7-3-2-5-13(17)15-6-4-10-19(15)18(22)14-9-8-12(20)11-16(14)21/h2-3,5,7-9,11,15,20-21H,4,6,10H2,1H3. The number of hydrogen-bond donors (Lipinski definition) is 2. The Labute approximate surface area is 134 Å². The van der Waals surface area contributed by atoms with Crippen molar-refractivity contribution in [3.8, 4) is 17.2 Å². The van der Waals surface area contributed by atoms with E-state index in [1.165, 1.54) is 18.2 Å². The van der Waals surface area contributed by atoms with Gasteiger partial charge in [-0.3, -0.25) is 4.79 Å². The molecule has 3 rings (SSSR count). The van der Waals surface area contributed by atoms with Crippen molar-refractivity contribution in [3.63, 3.8) is 0 Å². The van der Waals surface area contributed by atoms with Gasteiger partial charge in [-0.2, -0.15) is 0 Å². The van der Waals surface area contributed by atoms with Crippen LogP contribution in [-0.2, 0) is 0 Å². The number of rotatable bonds is 3. The average Bonchev–Trinajstić information content (AvgIpc) is 3.03. The Morgan fingerprint density at radius 1 is 1.22 bits per heavy atom. The van der Waals surface area contributed by atoms with Gasteiger partial charge in [0.05, 0.1) is 18.7 Å². The topological polar surface area (TPSA) is 70.0 Å². The van der Waals surface area contributed by atoms with E-state index in [9.17, 15) is 15.0 Å². The predicted molar refractivity (Wildman–Crippen MR) is 85.8 cm³/mol. The molecular formula is C18H19NO4. The molecule has 0 aliphatic carbocycles. The van der Waals surface area contributed by atoms with Crippen molar-refractivity contribution in [3.05, 3.63) is 53.6 Å². The monoisotopic (exact) mass is 313 g/mol. The summed E-state index contributed by atoms with van der Waals surface area (Å²) >= 11 is 0. The molecular weight excluding hydrogens is 294 g/mol. The van der Waals surface area contributed by atoms with E-state index in [1.54, 1.807) is 12.0 Å². The van der Waals surface area contributed by atoms with Crippen molar-refractivity contribution >= 4 is 5.91 Å². The molecule has 2 N–H and O–H groups in total. The molecule has 2 aromatic rings. The molecule has 0 saturated carbocycles. The highest BCUT2D eigenvalue weighted by Gasteiger charge is 2.33. The summed E-state index contributed by atoms with van der Waals surface area (Å²) in [6.45, 7) is 0.627. The Morgan fingerprint density at radius 2 is 2.00 bits per heavy atom. The third-order valence-corrected chi connectivity index (χ3v) is 4.22. The number of hydrogen-bond acceptors (Lipinski definition) is 4. The van der Waals surface area contributed by atoms with Crippen molar-refractivity contribution in [2.75, 3.05) is 13.7 Å². The number of nitrogens with zero attached hydrogens (tertiary/aromatic N) is 1. The molecule has 1 saturated heterocycles. The summed E-state index contributed by atoms with van der Waals surface area (Å²) in [5.41, 5.74) is 1.17. The Bertz CT molecular complexity index is 729. The van der Waals surface area contributed by atoms with Crippen LogP contribution in [0.25, 0.3) is 0 Å². The van der Waals surface area contributed by atoms with E-state index in [4.69, 9.17) is 4.74 Å². The highest BCUT2D eigenvalue weighted by Crippen LogP contribution is 2.38. The number of phenolic OH excluding ortho intramolecular Hbond substituents is 2. The third kappa shape index (κ3) is 2.82. The lowest BCUT2D eigenvalue weighted by atomic mass is 10.0. The zero-order valence-corrected chi connectivity index (χ0v) is 12.9. The van der Waals surface area contributed by atoms with Crippen molar-refractivity contribution in [1.82, 2.24) is 4.90 Å². The van der Waals surface area contributed by atoms with E-state index in [0.29, 0.717) is 6.54 Å². The lowest BCUT2D eigenvalue weighted by molar-refractivity contribution is 0.0731. The van der Waals surface area contributed by atoms with E-state index in [2.05, 4.69) is 0 Å². The Kier molecular flexibility index (Phi) is 4.10. The van der Waals surface area contributed by atoms with E-state index in [-0.39, 0.29) is 29.0 Å². The zero-order valence-electron chi connectivity index (χ0n) is 12.9. The smallest absolute Gasteiger partial charge is 0.258 e. The molecule has 1 aliphatic heterocycles. The minimum absolute atomic E-state index is 0.0678. The molecule has 1 atom stereocenters.